The van der Waals surface area contributed by atoms with Crippen LogP contribution in [0.15, 0.2) is 104 Å². The first kappa shape index (κ1) is 33.0. The fourth-order valence-electron chi connectivity index (χ4n) is 5.34. The predicted octanol–water partition coefficient (Wildman–Crippen LogP) is 7.41. The molecule has 49 heavy (non-hydrogen) atoms. The van der Waals surface area contributed by atoms with E-state index in [1.807, 2.05) is 84.4 Å². The van der Waals surface area contributed by atoms with Crippen LogP contribution < -0.4 is 20.7 Å². The van der Waals surface area contributed by atoms with Gasteiger partial charge in [-0.3, -0.25) is 15.1 Å². The minimum Gasteiger partial charge on any atom is -0.457 e. The van der Waals surface area contributed by atoms with Crippen LogP contribution in [0.1, 0.15) is 44.1 Å². The van der Waals surface area contributed by atoms with Gasteiger partial charge in [-0.15, -0.1) is 0 Å². The van der Waals surface area contributed by atoms with Gasteiger partial charge in [0.25, 0.3) is 0 Å². The summed E-state index contributed by atoms with van der Waals surface area (Å²) in [6.45, 7) is 9.64. The van der Waals surface area contributed by atoms with Crippen LogP contribution in [0.25, 0.3) is 16.5 Å². The summed E-state index contributed by atoms with van der Waals surface area (Å²) in [5, 5.41) is 15.4. The molecule has 0 radical (unpaired) electrons. The molecule has 0 saturated heterocycles. The minimum atomic E-state index is -0.397. The van der Waals surface area contributed by atoms with Crippen LogP contribution in [0.2, 0.25) is 0 Å². The lowest BCUT2D eigenvalue weighted by Crippen LogP contribution is -2.27. The lowest BCUT2D eigenvalue weighted by atomic mass is 9.92. The van der Waals surface area contributed by atoms with Gasteiger partial charge in [0, 0.05) is 60.0 Å². The highest BCUT2D eigenvalue weighted by atomic mass is 16.5. The first-order valence-corrected chi connectivity index (χ1v) is 16.2. The fourth-order valence-corrected chi connectivity index (χ4v) is 5.34. The van der Waals surface area contributed by atoms with Crippen molar-refractivity contribution in [2.24, 2.45) is 0 Å². The number of hydrogen-bond acceptors (Lipinski definition) is 6. The molecule has 0 atom stereocenters. The van der Waals surface area contributed by atoms with Gasteiger partial charge in [0.15, 0.2) is 0 Å². The van der Waals surface area contributed by atoms with Gasteiger partial charge in [-0.2, -0.15) is 5.10 Å². The third-order valence-electron chi connectivity index (χ3n) is 7.96. The van der Waals surface area contributed by atoms with Crippen molar-refractivity contribution in [3.8, 4) is 17.2 Å². The van der Waals surface area contributed by atoms with E-state index in [0.717, 1.165) is 40.7 Å². The van der Waals surface area contributed by atoms with Crippen molar-refractivity contribution < 1.29 is 14.3 Å². The molecule has 3 N–H and O–H groups in total. The van der Waals surface area contributed by atoms with Crippen LogP contribution in [-0.2, 0) is 23.2 Å². The number of anilines is 2. The van der Waals surface area contributed by atoms with Gasteiger partial charge in [-0.25, -0.2) is 14.5 Å². The molecule has 3 amide bonds. The van der Waals surface area contributed by atoms with Crippen molar-refractivity contribution in [2.45, 2.75) is 52.5 Å². The molecule has 3 aromatic heterocycles. The second kappa shape index (κ2) is 14.4. The highest BCUT2D eigenvalue weighted by Gasteiger charge is 2.22. The first-order chi connectivity index (χ1) is 23.6. The maximum absolute atomic E-state index is 13.4. The van der Waals surface area contributed by atoms with E-state index in [9.17, 15) is 9.59 Å². The molecule has 11 heteroatoms. The molecule has 0 fully saturated rings. The smallest absolute Gasteiger partial charge is 0.324 e. The Morgan fingerprint density at radius 2 is 1.69 bits per heavy atom. The zero-order valence-electron chi connectivity index (χ0n) is 28.1. The zero-order valence-corrected chi connectivity index (χ0v) is 28.1. The van der Waals surface area contributed by atoms with Crippen molar-refractivity contribution in [1.82, 2.24) is 29.6 Å². The van der Waals surface area contributed by atoms with Crippen molar-refractivity contribution in [3.63, 3.8) is 0 Å². The van der Waals surface area contributed by atoms with E-state index in [1.54, 1.807) is 35.5 Å². The molecule has 250 valence electrons. The SMILES string of the molecule is Cc1ccc(-n2nc(C(C)(C)C)cc2NC(=O)Nc2ccc(Oc3ccnc(CC(=O)NCCCn4ccnc4)c3)c3ccccc23)cc1. The van der Waals surface area contributed by atoms with E-state index >= 15 is 0 Å². The van der Waals surface area contributed by atoms with Gasteiger partial charge >= 0.3 is 6.03 Å². The second-order valence-electron chi connectivity index (χ2n) is 12.9. The number of urea groups is 1. The topological polar surface area (TPSA) is 128 Å². The molecule has 6 rings (SSSR count). The normalized spacial score (nSPS) is 11.3. The lowest BCUT2D eigenvalue weighted by molar-refractivity contribution is -0.120. The van der Waals surface area contributed by atoms with E-state index in [2.05, 4.69) is 46.7 Å². The number of benzene rings is 3. The molecule has 0 saturated carbocycles. The van der Waals surface area contributed by atoms with Crippen molar-refractivity contribution in [2.75, 3.05) is 17.2 Å². The number of fused-ring (bicyclic) bond motifs is 1. The molecule has 3 aromatic carbocycles. The van der Waals surface area contributed by atoms with Gasteiger partial charge in [-0.05, 0) is 43.7 Å². The van der Waals surface area contributed by atoms with E-state index in [4.69, 9.17) is 9.84 Å². The summed E-state index contributed by atoms with van der Waals surface area (Å²) < 4.78 is 10.0. The third kappa shape index (κ3) is 8.31. The Morgan fingerprint density at radius 1 is 0.898 bits per heavy atom. The van der Waals surface area contributed by atoms with E-state index in [0.29, 0.717) is 35.2 Å². The lowest BCUT2D eigenvalue weighted by Gasteiger charge is -2.14. The number of rotatable bonds is 11. The summed E-state index contributed by atoms with van der Waals surface area (Å²) in [6, 6.07) is 24.4. The Bertz CT molecular complexity index is 2060. The first-order valence-electron chi connectivity index (χ1n) is 16.2. The fraction of sp³-hybridized carbons (Fsp3) is 0.237. The summed E-state index contributed by atoms with van der Waals surface area (Å²) in [5.74, 6) is 1.62. The van der Waals surface area contributed by atoms with Gasteiger partial charge in [0.05, 0.1) is 35.5 Å². The Hall–Kier alpha value is -5.97. The second-order valence-corrected chi connectivity index (χ2v) is 12.9. The molecule has 0 spiro atoms. The summed E-state index contributed by atoms with van der Waals surface area (Å²) in [6.07, 6.45) is 7.96. The number of hydrogen-bond donors (Lipinski definition) is 3. The van der Waals surface area contributed by atoms with Crippen molar-refractivity contribution >= 4 is 34.2 Å². The molecule has 0 aliphatic heterocycles. The standard InChI is InChI=1S/C38H40N8O3/c1-26-10-12-28(13-11-26)46-35(24-34(44-46)38(2,3)4)43-37(48)42-32-14-15-33(31-9-6-5-8-30(31)32)49-29-16-18-40-27(22-29)23-36(47)41-17-7-20-45-21-19-39-25-45/h5-6,8-16,18-19,21-22,24-25H,7,17,20,23H2,1-4H3,(H,41,47)(H2,42,43,48). The number of amides is 3. The molecule has 11 nitrogen and oxygen atoms in total. The average molecular weight is 657 g/mol. The molecule has 0 unspecified atom stereocenters. The van der Waals surface area contributed by atoms with Gasteiger partial charge in [-0.1, -0.05) is 62.7 Å². The maximum Gasteiger partial charge on any atom is 0.324 e. The predicted molar refractivity (Wildman–Crippen MR) is 191 cm³/mol. The van der Waals surface area contributed by atoms with E-state index in [-0.39, 0.29) is 17.7 Å². The van der Waals surface area contributed by atoms with Gasteiger partial charge in [0.1, 0.15) is 17.3 Å². The molecule has 0 bridgehead atoms. The highest BCUT2D eigenvalue weighted by Crippen LogP contribution is 2.35. The molecule has 6 aromatic rings. The Labute approximate surface area is 285 Å². The number of pyridine rings is 1. The zero-order chi connectivity index (χ0) is 34.4. The monoisotopic (exact) mass is 656 g/mol. The van der Waals surface area contributed by atoms with E-state index < -0.39 is 6.03 Å². The number of nitrogens with one attached hydrogen (secondary N) is 3. The van der Waals surface area contributed by atoms with E-state index in [1.165, 1.54) is 0 Å². The Balaban J connectivity index is 1.14. The minimum absolute atomic E-state index is 0.106. The number of imidazole rings is 1. The van der Waals surface area contributed by atoms with Crippen LogP contribution in [0, 0.1) is 6.92 Å². The summed E-state index contributed by atoms with van der Waals surface area (Å²) in [5.41, 5.74) is 3.86. The molecule has 3 heterocycles. The molecular formula is C38H40N8O3. The number of carbonyl (C=O) groups is 2. The summed E-state index contributed by atoms with van der Waals surface area (Å²) in [4.78, 5) is 34.4. The number of aromatic nitrogens is 5. The van der Waals surface area contributed by atoms with Crippen LogP contribution in [0.3, 0.4) is 0 Å². The molecular weight excluding hydrogens is 616 g/mol. The number of carbonyl (C=O) groups excluding carboxylic acids is 2. The van der Waals surface area contributed by atoms with Crippen molar-refractivity contribution in [3.05, 3.63) is 121 Å². The maximum atomic E-state index is 13.4. The van der Waals surface area contributed by atoms with Crippen LogP contribution in [-0.4, -0.2) is 42.8 Å². The Morgan fingerprint density at radius 3 is 2.45 bits per heavy atom. The number of aryl methyl sites for hydroxylation is 2. The third-order valence-corrected chi connectivity index (χ3v) is 7.96. The number of ether oxygens (including phenoxy) is 1. The molecule has 0 aliphatic rings. The van der Waals surface area contributed by atoms with Gasteiger partial charge < -0.3 is 19.9 Å². The largest absolute Gasteiger partial charge is 0.457 e. The highest BCUT2D eigenvalue weighted by molar-refractivity contribution is 6.07. The summed E-state index contributed by atoms with van der Waals surface area (Å²) >= 11 is 0. The van der Waals surface area contributed by atoms with Crippen LogP contribution >= 0.6 is 0 Å². The molecule has 0 aliphatic carbocycles. The van der Waals surface area contributed by atoms with Gasteiger partial charge in [0.2, 0.25) is 5.91 Å². The Kier molecular flexibility index (Phi) is 9.70. The average Bonchev–Trinajstić information content (AvgIpc) is 3.75. The number of nitrogens with zero attached hydrogens (tertiary/aromatic N) is 5. The van der Waals surface area contributed by atoms with Crippen LogP contribution in [0.5, 0.6) is 11.5 Å². The van der Waals surface area contributed by atoms with Crippen molar-refractivity contribution in [1.29, 1.82) is 0 Å². The van der Waals surface area contributed by atoms with Crippen LogP contribution in [0.4, 0.5) is 16.3 Å². The quantitative estimate of drug-likeness (QED) is 0.125. The summed E-state index contributed by atoms with van der Waals surface area (Å²) in [7, 11) is 0.